The van der Waals surface area contributed by atoms with Gasteiger partial charge in [0.15, 0.2) is 0 Å². The van der Waals surface area contributed by atoms with Crippen LogP contribution >= 0.6 is 9.69 Å². The Morgan fingerprint density at radius 1 is 0.878 bits per heavy atom. The molecule has 1 fully saturated rings. The molecule has 1 saturated heterocycles. The van der Waals surface area contributed by atoms with Crippen molar-refractivity contribution in [2.45, 2.75) is 117 Å². The van der Waals surface area contributed by atoms with Crippen LogP contribution in [-0.4, -0.2) is 22.3 Å². The van der Waals surface area contributed by atoms with E-state index in [1.54, 1.807) is 5.69 Å². The van der Waals surface area contributed by atoms with Crippen LogP contribution in [0.25, 0.3) is 0 Å². The van der Waals surface area contributed by atoms with Crippen LogP contribution in [0, 0.1) is 0 Å². The van der Waals surface area contributed by atoms with Gasteiger partial charge in [-0.3, -0.25) is 0 Å². The molecule has 0 radical (unpaired) electrons. The number of para-hydroxylation sites is 2. The van der Waals surface area contributed by atoms with E-state index in [4.69, 9.17) is 14.4 Å². The molecule has 0 amide bonds. The molecule has 3 aromatic rings. The fraction of sp³-hybridized carbons (Fsp3) is 0.486. The van der Waals surface area contributed by atoms with E-state index in [1.165, 1.54) is 42.4 Å². The average molecular weight is 662 g/mol. The molecule has 2 nitrogen and oxygen atoms in total. The van der Waals surface area contributed by atoms with Crippen molar-refractivity contribution in [3.8, 4) is 5.75 Å². The van der Waals surface area contributed by atoms with Gasteiger partial charge in [-0.05, 0) is 56.2 Å². The summed E-state index contributed by atoms with van der Waals surface area (Å²) in [5.41, 5.74) is 7.52. The molecule has 0 saturated carbocycles. The molecule has 225 valence electrons. The third-order valence-electron chi connectivity index (χ3n) is 8.23. The van der Waals surface area contributed by atoms with Crippen molar-refractivity contribution >= 4 is 20.0 Å². The number of hydrogen-bond donors (Lipinski definition) is 0. The molecule has 0 N–H and O–H groups in total. The second-order valence-corrected chi connectivity index (χ2v) is 14.2. The maximum atomic E-state index is 5.72. The summed E-state index contributed by atoms with van der Waals surface area (Å²) in [4.78, 5) is 2.83. The summed E-state index contributed by atoms with van der Waals surface area (Å²) >= 11 is -0.191. The quantitative estimate of drug-likeness (QED) is 0.201. The zero-order valence-corrected chi connectivity index (χ0v) is 29.0. The number of hydrogen-bond acceptors (Lipinski definition) is 2. The molecule has 0 aliphatic carbocycles. The Kier molecular flexibility index (Phi) is 12.7. The number of ether oxygens (including phenoxy) is 1. The number of anilines is 1. The van der Waals surface area contributed by atoms with Crippen molar-refractivity contribution < 1.29 is 20.4 Å². The van der Waals surface area contributed by atoms with Crippen molar-refractivity contribution in [3.63, 3.8) is 0 Å². The molecule has 41 heavy (non-hydrogen) atoms. The second-order valence-electron chi connectivity index (χ2n) is 12.4. The summed E-state index contributed by atoms with van der Waals surface area (Å²) in [6.07, 6.45) is 7.29. The summed E-state index contributed by atoms with van der Waals surface area (Å²) in [6, 6.07) is 26.7. The van der Waals surface area contributed by atoms with Crippen molar-refractivity contribution in [2.24, 2.45) is 0 Å². The number of rotatable bonds is 10. The van der Waals surface area contributed by atoms with Gasteiger partial charge in [-0.1, -0.05) is 89.1 Å². The third-order valence-corrected chi connectivity index (χ3v) is 9.42. The van der Waals surface area contributed by atoms with Crippen LogP contribution in [0.1, 0.15) is 103 Å². The van der Waals surface area contributed by atoms with Crippen LogP contribution in [0.5, 0.6) is 5.75 Å². The Hall–Kier alpha value is -1.96. The van der Waals surface area contributed by atoms with Crippen molar-refractivity contribution in [1.82, 2.24) is 0 Å². The van der Waals surface area contributed by atoms with E-state index < -0.39 is 0 Å². The van der Waals surface area contributed by atoms with Crippen molar-refractivity contribution in [2.75, 3.05) is 4.90 Å². The Morgan fingerprint density at radius 2 is 1.46 bits per heavy atom. The first-order chi connectivity index (χ1) is 19.6. The number of nitrogens with zero attached hydrogens (tertiary/aromatic N) is 1. The Labute approximate surface area is 262 Å². The van der Waals surface area contributed by atoms with Gasteiger partial charge in [0, 0.05) is 22.7 Å². The molecular formula is C37H51ClNORu. The van der Waals surface area contributed by atoms with Crippen molar-refractivity contribution in [1.29, 1.82) is 0 Å². The first-order valence-electron chi connectivity index (χ1n) is 15.4. The zero-order chi connectivity index (χ0) is 30.0. The molecular weight excluding hydrogens is 611 g/mol. The van der Waals surface area contributed by atoms with Gasteiger partial charge in [-0.25, -0.2) is 0 Å². The van der Waals surface area contributed by atoms with Crippen LogP contribution in [0.15, 0.2) is 72.8 Å². The first kappa shape index (κ1) is 33.5. The summed E-state index contributed by atoms with van der Waals surface area (Å²) < 4.78 is 7.66. The minimum absolute atomic E-state index is 0.137. The van der Waals surface area contributed by atoms with E-state index in [0.717, 1.165) is 24.2 Å². The van der Waals surface area contributed by atoms with Crippen LogP contribution in [0.3, 0.4) is 0 Å². The molecule has 0 spiro atoms. The fourth-order valence-corrected chi connectivity index (χ4v) is 7.99. The third kappa shape index (κ3) is 8.11. The maximum absolute atomic E-state index is 5.72. The minimum Gasteiger partial charge on any atom is -0.362 e. The van der Waals surface area contributed by atoms with Gasteiger partial charge in [0.2, 0.25) is 0 Å². The molecule has 1 aliphatic rings. The van der Waals surface area contributed by atoms with Crippen LogP contribution in [0.2, 0.25) is 0 Å². The van der Waals surface area contributed by atoms with Crippen molar-refractivity contribution in [3.05, 3.63) is 95.1 Å². The minimum atomic E-state index is -0.191. The van der Waals surface area contributed by atoms with Crippen LogP contribution in [0.4, 0.5) is 5.69 Å². The van der Waals surface area contributed by atoms with Crippen LogP contribution < -0.4 is 9.64 Å². The summed E-state index contributed by atoms with van der Waals surface area (Å²) in [5.74, 6) is 0.924. The van der Waals surface area contributed by atoms with E-state index in [2.05, 4.69) is 95.0 Å². The Morgan fingerprint density at radius 3 is 2.00 bits per heavy atom. The molecule has 3 aromatic carbocycles. The normalized spacial score (nSPS) is 20.0. The van der Waals surface area contributed by atoms with E-state index in [-0.39, 0.29) is 32.7 Å². The average Bonchev–Trinajstić information content (AvgIpc) is 3.16. The maximum Gasteiger partial charge on any atom is 0.0438 e. The number of benzene rings is 3. The Balaban J connectivity index is 0.000000298. The van der Waals surface area contributed by atoms with E-state index >= 15 is 0 Å². The molecule has 0 bridgehead atoms. The summed E-state index contributed by atoms with van der Waals surface area (Å²) in [7, 11) is 5.72. The van der Waals surface area contributed by atoms with Gasteiger partial charge < -0.3 is 4.90 Å². The van der Waals surface area contributed by atoms with Crippen LogP contribution in [-0.2, 0) is 33.9 Å². The standard InChI is InChI=1S/C27H39N.C10H12O.ClH.Ru/c1-7-14-21-16-13-17-22(15-8-2)25(21)28-24(9-3)27(6,20-26(28,4)5)23-18-11-10-12-19-23;1-8(2)11-10-7-5-4-6-9(10)3;;/h10-13,16-19,24H,7-9,14-15,20H2,1-6H3;3-8H,1-2H3;1H;/q;;;+1/p-1. The Bertz CT molecular complexity index is 1230. The molecule has 4 rings (SSSR count). The van der Waals surface area contributed by atoms with E-state index in [0.29, 0.717) is 6.04 Å². The first-order valence-corrected chi connectivity index (χ1v) is 18.6. The monoisotopic (exact) mass is 662 g/mol. The topological polar surface area (TPSA) is 12.5 Å². The predicted molar refractivity (Wildman–Crippen MR) is 177 cm³/mol. The van der Waals surface area contributed by atoms with Gasteiger partial charge >= 0.3 is 90.3 Å². The van der Waals surface area contributed by atoms with Gasteiger partial charge in [-0.15, -0.1) is 0 Å². The molecule has 1 heterocycles. The largest absolute Gasteiger partial charge is 0.362 e. The molecule has 0 aromatic heterocycles. The zero-order valence-electron chi connectivity index (χ0n) is 26.5. The molecule has 2 unspecified atom stereocenters. The fourth-order valence-electron chi connectivity index (χ4n) is 6.88. The van der Waals surface area contributed by atoms with E-state index in [9.17, 15) is 0 Å². The number of aryl methyl sites for hydroxylation is 2. The van der Waals surface area contributed by atoms with Gasteiger partial charge in [0.25, 0.3) is 0 Å². The summed E-state index contributed by atoms with van der Waals surface area (Å²) in [5, 5.41) is 0. The van der Waals surface area contributed by atoms with Gasteiger partial charge in [0.1, 0.15) is 0 Å². The van der Waals surface area contributed by atoms with Gasteiger partial charge in [-0.2, -0.15) is 0 Å². The number of halogens is 1. The predicted octanol–water partition coefficient (Wildman–Crippen LogP) is 10.2. The molecule has 2 atom stereocenters. The van der Waals surface area contributed by atoms with Gasteiger partial charge in [0.05, 0.1) is 0 Å². The molecule has 1 aliphatic heterocycles. The van der Waals surface area contributed by atoms with E-state index in [1.807, 2.05) is 42.7 Å². The SMILES string of the molecule is CC(C)Oc1ccccc1[CH]=[Ru][Cl].CCCc1cccc(CCC)c1N1C(CC)C(C)(c2ccccc2)CC1(C)C. The molecule has 4 heteroatoms. The second kappa shape index (κ2) is 15.5. The smallest absolute Gasteiger partial charge is 0.0438 e. The summed E-state index contributed by atoms with van der Waals surface area (Å²) in [6.45, 7) is 18.4.